The highest BCUT2D eigenvalue weighted by Gasteiger charge is 2.12. The molecule has 0 saturated heterocycles. The molecule has 4 nitrogen and oxygen atoms in total. The number of carbonyl (C=O) groups excluding carboxylic acids is 1. The Morgan fingerprint density at radius 3 is 2.71 bits per heavy atom. The molecule has 17 heavy (non-hydrogen) atoms. The van der Waals surface area contributed by atoms with E-state index in [1.165, 1.54) is 0 Å². The first kappa shape index (κ1) is 13.8. The van der Waals surface area contributed by atoms with Gasteiger partial charge in [0, 0.05) is 12.1 Å². The van der Waals surface area contributed by atoms with Gasteiger partial charge < -0.3 is 15.8 Å². The molecule has 1 amide bonds. The van der Waals surface area contributed by atoms with Crippen molar-refractivity contribution in [3.8, 4) is 5.75 Å². The Balaban J connectivity index is 2.36. The molecule has 0 bridgehead atoms. The second-order valence-corrected chi connectivity index (χ2v) is 4.89. The van der Waals surface area contributed by atoms with E-state index in [4.69, 9.17) is 22.1 Å². The minimum absolute atomic E-state index is 0.0696. The lowest BCUT2D eigenvalue weighted by Gasteiger charge is -2.18. The van der Waals surface area contributed by atoms with Crippen molar-refractivity contribution < 1.29 is 9.53 Å². The van der Waals surface area contributed by atoms with E-state index in [0.29, 0.717) is 17.3 Å². The fourth-order valence-corrected chi connectivity index (χ4v) is 1.27. The van der Waals surface area contributed by atoms with Crippen LogP contribution in [0, 0.1) is 0 Å². The molecular formula is C12H17ClN2O2. The van der Waals surface area contributed by atoms with E-state index in [9.17, 15) is 4.79 Å². The second kappa shape index (κ2) is 5.89. The summed E-state index contributed by atoms with van der Waals surface area (Å²) in [6, 6.07) is 7.01. The first-order valence-corrected chi connectivity index (χ1v) is 5.69. The number of para-hydroxylation sites is 1. The molecule has 0 atom stereocenters. The van der Waals surface area contributed by atoms with Crippen LogP contribution in [0.25, 0.3) is 0 Å². The SMILES string of the molecule is CC(C)(N)CNC(=O)COc1ccccc1Cl. The third kappa shape index (κ3) is 5.56. The summed E-state index contributed by atoms with van der Waals surface area (Å²) >= 11 is 5.88. The molecule has 0 aliphatic rings. The van der Waals surface area contributed by atoms with Crippen LogP contribution in [0.15, 0.2) is 24.3 Å². The zero-order chi connectivity index (χ0) is 12.9. The van der Waals surface area contributed by atoms with E-state index in [1.807, 2.05) is 13.8 Å². The monoisotopic (exact) mass is 256 g/mol. The number of carbonyl (C=O) groups is 1. The predicted octanol–water partition coefficient (Wildman–Crippen LogP) is 1.57. The van der Waals surface area contributed by atoms with Crippen LogP contribution in [0.1, 0.15) is 13.8 Å². The average Bonchev–Trinajstić information content (AvgIpc) is 2.24. The molecular weight excluding hydrogens is 240 g/mol. The first-order valence-electron chi connectivity index (χ1n) is 5.31. The Hall–Kier alpha value is -1.26. The van der Waals surface area contributed by atoms with Crippen LogP contribution in [0.5, 0.6) is 5.75 Å². The minimum Gasteiger partial charge on any atom is -0.482 e. The third-order valence-corrected chi connectivity index (χ3v) is 2.25. The molecule has 0 fully saturated rings. The van der Waals surface area contributed by atoms with Gasteiger partial charge in [-0.3, -0.25) is 4.79 Å². The van der Waals surface area contributed by atoms with Gasteiger partial charge in [-0.15, -0.1) is 0 Å². The quantitative estimate of drug-likeness (QED) is 0.841. The third-order valence-electron chi connectivity index (χ3n) is 1.94. The van der Waals surface area contributed by atoms with Crippen LogP contribution < -0.4 is 15.8 Å². The maximum absolute atomic E-state index is 11.4. The van der Waals surface area contributed by atoms with Crippen LogP contribution in [-0.2, 0) is 4.79 Å². The van der Waals surface area contributed by atoms with Gasteiger partial charge in [0.1, 0.15) is 5.75 Å². The summed E-state index contributed by atoms with van der Waals surface area (Å²) in [5.41, 5.74) is 5.31. The van der Waals surface area contributed by atoms with Crippen molar-refractivity contribution in [2.45, 2.75) is 19.4 Å². The van der Waals surface area contributed by atoms with E-state index in [0.717, 1.165) is 0 Å². The van der Waals surface area contributed by atoms with Gasteiger partial charge in [-0.1, -0.05) is 23.7 Å². The largest absolute Gasteiger partial charge is 0.482 e. The fourth-order valence-electron chi connectivity index (χ4n) is 1.08. The zero-order valence-corrected chi connectivity index (χ0v) is 10.8. The van der Waals surface area contributed by atoms with E-state index in [2.05, 4.69) is 5.32 Å². The number of nitrogens with two attached hydrogens (primary N) is 1. The van der Waals surface area contributed by atoms with E-state index < -0.39 is 5.54 Å². The Morgan fingerprint density at radius 1 is 1.47 bits per heavy atom. The molecule has 94 valence electrons. The molecule has 5 heteroatoms. The smallest absolute Gasteiger partial charge is 0.258 e. The Labute approximate surface area is 106 Å². The van der Waals surface area contributed by atoms with Gasteiger partial charge in [-0.05, 0) is 26.0 Å². The van der Waals surface area contributed by atoms with Gasteiger partial charge in [0.15, 0.2) is 6.61 Å². The molecule has 0 saturated carbocycles. The maximum Gasteiger partial charge on any atom is 0.258 e. The highest BCUT2D eigenvalue weighted by Crippen LogP contribution is 2.22. The van der Waals surface area contributed by atoms with Crippen molar-refractivity contribution in [3.63, 3.8) is 0 Å². The molecule has 0 radical (unpaired) electrons. The van der Waals surface area contributed by atoms with Crippen LogP contribution in [-0.4, -0.2) is 24.6 Å². The number of rotatable bonds is 5. The van der Waals surface area contributed by atoms with Crippen molar-refractivity contribution in [3.05, 3.63) is 29.3 Å². The molecule has 1 aromatic carbocycles. The minimum atomic E-state index is -0.431. The van der Waals surface area contributed by atoms with Crippen LogP contribution in [0.4, 0.5) is 0 Å². The Kier molecular flexibility index (Phi) is 4.78. The summed E-state index contributed by atoms with van der Waals surface area (Å²) in [5.74, 6) is 0.278. The van der Waals surface area contributed by atoms with Crippen molar-refractivity contribution in [2.24, 2.45) is 5.73 Å². The van der Waals surface area contributed by atoms with Crippen molar-refractivity contribution in [1.82, 2.24) is 5.32 Å². The van der Waals surface area contributed by atoms with Gasteiger partial charge in [0.05, 0.1) is 5.02 Å². The summed E-state index contributed by atoms with van der Waals surface area (Å²) in [5, 5.41) is 3.17. The fraction of sp³-hybridized carbons (Fsp3) is 0.417. The lowest BCUT2D eigenvalue weighted by Crippen LogP contribution is -2.46. The number of hydrogen-bond donors (Lipinski definition) is 2. The summed E-state index contributed by atoms with van der Waals surface area (Å²) in [6.07, 6.45) is 0. The second-order valence-electron chi connectivity index (χ2n) is 4.48. The topological polar surface area (TPSA) is 64.3 Å². The number of ether oxygens (including phenoxy) is 1. The van der Waals surface area contributed by atoms with E-state index >= 15 is 0 Å². The average molecular weight is 257 g/mol. The molecule has 0 heterocycles. The van der Waals surface area contributed by atoms with Crippen molar-refractivity contribution in [2.75, 3.05) is 13.2 Å². The van der Waals surface area contributed by atoms with E-state index in [-0.39, 0.29) is 12.5 Å². The van der Waals surface area contributed by atoms with E-state index in [1.54, 1.807) is 24.3 Å². The lowest BCUT2D eigenvalue weighted by molar-refractivity contribution is -0.123. The first-order chi connectivity index (χ1) is 7.88. The predicted molar refractivity (Wildman–Crippen MR) is 68.2 cm³/mol. The zero-order valence-electron chi connectivity index (χ0n) is 10.00. The Morgan fingerprint density at radius 2 is 2.12 bits per heavy atom. The van der Waals surface area contributed by atoms with Gasteiger partial charge in [0.25, 0.3) is 5.91 Å². The van der Waals surface area contributed by atoms with Crippen molar-refractivity contribution in [1.29, 1.82) is 0 Å². The van der Waals surface area contributed by atoms with Crippen molar-refractivity contribution >= 4 is 17.5 Å². The van der Waals surface area contributed by atoms with Gasteiger partial charge in [-0.2, -0.15) is 0 Å². The summed E-state index contributed by atoms with van der Waals surface area (Å²) in [6.45, 7) is 4.00. The molecule has 0 spiro atoms. The van der Waals surface area contributed by atoms with Gasteiger partial charge >= 0.3 is 0 Å². The molecule has 0 aliphatic carbocycles. The summed E-state index contributed by atoms with van der Waals surface area (Å²) in [7, 11) is 0. The maximum atomic E-state index is 11.4. The molecule has 0 aliphatic heterocycles. The summed E-state index contributed by atoms with van der Waals surface area (Å²) in [4.78, 5) is 11.4. The number of halogens is 1. The van der Waals surface area contributed by atoms with Gasteiger partial charge in [-0.25, -0.2) is 0 Å². The van der Waals surface area contributed by atoms with Crippen LogP contribution in [0.3, 0.4) is 0 Å². The number of amides is 1. The van der Waals surface area contributed by atoms with Gasteiger partial charge in [0.2, 0.25) is 0 Å². The number of nitrogens with one attached hydrogen (secondary N) is 1. The Bertz CT molecular complexity index is 388. The number of hydrogen-bond acceptors (Lipinski definition) is 3. The molecule has 0 unspecified atom stereocenters. The molecule has 1 rings (SSSR count). The number of benzene rings is 1. The standard InChI is InChI=1S/C12H17ClN2O2/c1-12(2,14)8-15-11(16)7-17-10-6-4-3-5-9(10)13/h3-6H,7-8,14H2,1-2H3,(H,15,16). The molecule has 0 aromatic heterocycles. The highest BCUT2D eigenvalue weighted by atomic mass is 35.5. The lowest BCUT2D eigenvalue weighted by atomic mass is 10.1. The van der Waals surface area contributed by atoms with Crippen LogP contribution in [0.2, 0.25) is 5.02 Å². The normalized spacial score (nSPS) is 11.1. The molecule has 1 aromatic rings. The summed E-state index contributed by atoms with van der Waals surface area (Å²) < 4.78 is 5.28. The van der Waals surface area contributed by atoms with Crippen LogP contribution >= 0.6 is 11.6 Å². The molecule has 3 N–H and O–H groups in total. The highest BCUT2D eigenvalue weighted by molar-refractivity contribution is 6.32.